The lowest BCUT2D eigenvalue weighted by Crippen LogP contribution is -1.89. The molecule has 0 aliphatic heterocycles. The summed E-state index contributed by atoms with van der Waals surface area (Å²) in [4.78, 5) is 13.8. The SMILES string of the molecule is c1cnc2c(c1)ccc1c(-c3ccc4cnc5ccccc5c4c3)ccnc12. The Balaban J connectivity index is 1.68. The van der Waals surface area contributed by atoms with Crippen LogP contribution in [0.4, 0.5) is 0 Å². The number of para-hydroxylation sites is 1. The van der Waals surface area contributed by atoms with Crippen LogP contribution in [-0.4, -0.2) is 15.0 Å². The fourth-order valence-corrected chi connectivity index (χ4v) is 4.03. The zero-order valence-corrected chi connectivity index (χ0v) is 15.0. The summed E-state index contributed by atoms with van der Waals surface area (Å²) in [5, 5.41) is 5.76. The fourth-order valence-electron chi connectivity index (χ4n) is 4.03. The zero-order chi connectivity index (χ0) is 18.5. The van der Waals surface area contributed by atoms with Crippen LogP contribution in [0.1, 0.15) is 0 Å². The average molecular weight is 357 g/mol. The summed E-state index contributed by atoms with van der Waals surface area (Å²) >= 11 is 0. The van der Waals surface area contributed by atoms with Crippen molar-refractivity contribution in [2.24, 2.45) is 0 Å². The van der Waals surface area contributed by atoms with Crippen LogP contribution in [0.15, 0.2) is 91.4 Å². The van der Waals surface area contributed by atoms with Gasteiger partial charge in [0.15, 0.2) is 0 Å². The number of benzene rings is 3. The fraction of sp³-hybridized carbons (Fsp3) is 0. The molecule has 6 aromatic rings. The molecule has 0 atom stereocenters. The molecule has 3 heteroatoms. The van der Waals surface area contributed by atoms with Crippen molar-refractivity contribution in [2.45, 2.75) is 0 Å². The van der Waals surface area contributed by atoms with Crippen LogP contribution in [0.5, 0.6) is 0 Å². The number of hydrogen-bond donors (Lipinski definition) is 0. The Morgan fingerprint density at radius 3 is 2.43 bits per heavy atom. The lowest BCUT2D eigenvalue weighted by atomic mass is 9.96. The average Bonchev–Trinajstić information content (AvgIpc) is 2.78. The Bertz CT molecular complexity index is 1520. The third-order valence-electron chi connectivity index (χ3n) is 5.38. The molecule has 0 bridgehead atoms. The van der Waals surface area contributed by atoms with Crippen molar-refractivity contribution in [2.75, 3.05) is 0 Å². The van der Waals surface area contributed by atoms with Crippen LogP contribution in [0.2, 0.25) is 0 Å². The largest absolute Gasteiger partial charge is 0.256 e. The summed E-state index contributed by atoms with van der Waals surface area (Å²) in [5.74, 6) is 0. The number of fused-ring (bicyclic) bond motifs is 6. The molecule has 3 aromatic carbocycles. The molecule has 28 heavy (non-hydrogen) atoms. The second kappa shape index (κ2) is 5.83. The van der Waals surface area contributed by atoms with Crippen LogP contribution in [-0.2, 0) is 0 Å². The van der Waals surface area contributed by atoms with Crippen LogP contribution in [0.3, 0.4) is 0 Å². The summed E-state index contributed by atoms with van der Waals surface area (Å²) in [7, 11) is 0. The van der Waals surface area contributed by atoms with E-state index < -0.39 is 0 Å². The first-order valence-corrected chi connectivity index (χ1v) is 9.29. The summed E-state index contributed by atoms with van der Waals surface area (Å²) in [5.41, 5.74) is 5.24. The molecule has 6 rings (SSSR count). The van der Waals surface area contributed by atoms with Gasteiger partial charge in [-0.3, -0.25) is 15.0 Å². The van der Waals surface area contributed by atoms with Gasteiger partial charge in [-0.15, -0.1) is 0 Å². The van der Waals surface area contributed by atoms with Crippen molar-refractivity contribution in [3.05, 3.63) is 91.4 Å². The van der Waals surface area contributed by atoms with Gasteiger partial charge in [-0.2, -0.15) is 0 Å². The molecule has 0 unspecified atom stereocenters. The van der Waals surface area contributed by atoms with Crippen LogP contribution < -0.4 is 0 Å². The van der Waals surface area contributed by atoms with Gasteiger partial charge in [0.2, 0.25) is 0 Å². The molecular formula is C25H15N3. The minimum Gasteiger partial charge on any atom is -0.256 e. The molecule has 3 aromatic heterocycles. The van der Waals surface area contributed by atoms with E-state index in [1.54, 1.807) is 0 Å². The van der Waals surface area contributed by atoms with Crippen molar-refractivity contribution < 1.29 is 0 Å². The van der Waals surface area contributed by atoms with E-state index in [1.165, 1.54) is 21.9 Å². The topological polar surface area (TPSA) is 38.7 Å². The molecular weight excluding hydrogens is 342 g/mol. The van der Waals surface area contributed by atoms with Gasteiger partial charge < -0.3 is 0 Å². The highest BCUT2D eigenvalue weighted by Gasteiger charge is 2.10. The maximum atomic E-state index is 4.64. The standard InChI is InChI=1S/C25H15N3/c1-2-6-23-20(5-1)22-14-17(7-8-18(22)15-28-23)19-11-13-27-25-21(19)10-9-16-4-3-12-26-24(16)25/h1-15H. The second-order valence-electron chi connectivity index (χ2n) is 6.97. The van der Waals surface area contributed by atoms with E-state index in [0.717, 1.165) is 32.7 Å². The first-order valence-electron chi connectivity index (χ1n) is 9.29. The molecule has 130 valence electrons. The quantitative estimate of drug-likeness (QED) is 0.331. The highest BCUT2D eigenvalue weighted by atomic mass is 14.7. The van der Waals surface area contributed by atoms with Gasteiger partial charge in [0, 0.05) is 40.1 Å². The molecule has 0 saturated carbocycles. The molecule has 3 heterocycles. The normalized spacial score (nSPS) is 11.6. The van der Waals surface area contributed by atoms with Gasteiger partial charge in [-0.05, 0) is 40.8 Å². The maximum Gasteiger partial charge on any atom is 0.0970 e. The Morgan fingerprint density at radius 2 is 1.43 bits per heavy atom. The van der Waals surface area contributed by atoms with E-state index >= 15 is 0 Å². The van der Waals surface area contributed by atoms with E-state index in [2.05, 4.69) is 75.6 Å². The zero-order valence-electron chi connectivity index (χ0n) is 15.0. The molecule has 0 aliphatic rings. The van der Waals surface area contributed by atoms with Crippen LogP contribution in [0.25, 0.3) is 54.6 Å². The van der Waals surface area contributed by atoms with Crippen molar-refractivity contribution >= 4 is 43.5 Å². The predicted molar refractivity (Wildman–Crippen MR) is 115 cm³/mol. The smallest absolute Gasteiger partial charge is 0.0970 e. The molecule has 0 spiro atoms. The predicted octanol–water partition coefficient (Wildman–Crippen LogP) is 6.15. The van der Waals surface area contributed by atoms with E-state index in [9.17, 15) is 0 Å². The Kier molecular flexibility index (Phi) is 3.17. The monoisotopic (exact) mass is 357 g/mol. The molecule has 0 amide bonds. The van der Waals surface area contributed by atoms with Gasteiger partial charge in [0.05, 0.1) is 16.6 Å². The first kappa shape index (κ1) is 15.2. The highest BCUT2D eigenvalue weighted by molar-refractivity contribution is 6.10. The van der Waals surface area contributed by atoms with Crippen molar-refractivity contribution in [1.82, 2.24) is 15.0 Å². The lowest BCUT2D eigenvalue weighted by molar-refractivity contribution is 1.37. The highest BCUT2D eigenvalue weighted by Crippen LogP contribution is 2.34. The second-order valence-corrected chi connectivity index (χ2v) is 6.97. The van der Waals surface area contributed by atoms with Crippen molar-refractivity contribution in [3.63, 3.8) is 0 Å². The summed E-state index contributed by atoms with van der Waals surface area (Å²) in [6, 6.07) is 25.2. The van der Waals surface area contributed by atoms with E-state index in [0.29, 0.717) is 0 Å². The van der Waals surface area contributed by atoms with Gasteiger partial charge in [0.25, 0.3) is 0 Å². The Hall–Kier alpha value is -3.85. The lowest BCUT2D eigenvalue weighted by Gasteiger charge is -2.10. The van der Waals surface area contributed by atoms with Crippen LogP contribution in [0, 0.1) is 0 Å². The van der Waals surface area contributed by atoms with E-state index in [-0.39, 0.29) is 0 Å². The molecule has 0 N–H and O–H groups in total. The third kappa shape index (κ3) is 2.20. The molecule has 0 fully saturated rings. The summed E-state index contributed by atoms with van der Waals surface area (Å²) < 4.78 is 0. The van der Waals surface area contributed by atoms with E-state index in [4.69, 9.17) is 0 Å². The number of rotatable bonds is 1. The minimum absolute atomic E-state index is 0.940. The van der Waals surface area contributed by atoms with Gasteiger partial charge in [-0.1, -0.05) is 48.5 Å². The summed E-state index contributed by atoms with van der Waals surface area (Å²) in [6.45, 7) is 0. The molecule has 0 aliphatic carbocycles. The van der Waals surface area contributed by atoms with E-state index in [1.807, 2.05) is 30.7 Å². The van der Waals surface area contributed by atoms with Gasteiger partial charge in [0.1, 0.15) is 0 Å². The maximum absolute atomic E-state index is 4.64. The van der Waals surface area contributed by atoms with Crippen molar-refractivity contribution in [1.29, 1.82) is 0 Å². The van der Waals surface area contributed by atoms with Crippen molar-refractivity contribution in [3.8, 4) is 11.1 Å². The number of hydrogen-bond acceptors (Lipinski definition) is 3. The molecule has 0 saturated heterocycles. The number of pyridine rings is 3. The Morgan fingerprint density at radius 1 is 0.536 bits per heavy atom. The van der Waals surface area contributed by atoms with Gasteiger partial charge in [-0.25, -0.2) is 0 Å². The minimum atomic E-state index is 0.940. The number of aromatic nitrogens is 3. The summed E-state index contributed by atoms with van der Waals surface area (Å²) in [6.07, 6.45) is 5.65. The molecule has 0 radical (unpaired) electrons. The first-order chi connectivity index (χ1) is 13.9. The number of nitrogens with zero attached hydrogens (tertiary/aromatic N) is 3. The van der Waals surface area contributed by atoms with Gasteiger partial charge >= 0.3 is 0 Å². The third-order valence-corrected chi connectivity index (χ3v) is 5.38. The molecule has 3 nitrogen and oxygen atoms in total. The van der Waals surface area contributed by atoms with Crippen LogP contribution >= 0.6 is 0 Å². The Labute approximate surface area is 161 Å².